The van der Waals surface area contributed by atoms with Crippen LogP contribution in [0.3, 0.4) is 0 Å². The quantitative estimate of drug-likeness (QED) is 0.788. The summed E-state index contributed by atoms with van der Waals surface area (Å²) in [4.78, 5) is 14.0. The molecular formula is C11H17N6OS2+. The summed E-state index contributed by atoms with van der Waals surface area (Å²) in [6, 6.07) is 0.369. The summed E-state index contributed by atoms with van der Waals surface area (Å²) in [6.45, 7) is 1.14. The van der Waals surface area contributed by atoms with Crippen molar-refractivity contribution in [3.05, 3.63) is 5.82 Å². The van der Waals surface area contributed by atoms with Gasteiger partial charge in [-0.15, -0.1) is 15.3 Å². The predicted molar refractivity (Wildman–Crippen MR) is 76.8 cm³/mol. The smallest absolute Gasteiger partial charge is 0.235 e. The fourth-order valence-electron chi connectivity index (χ4n) is 2.17. The van der Waals surface area contributed by atoms with Gasteiger partial charge in [0.05, 0.1) is 12.3 Å². The summed E-state index contributed by atoms with van der Waals surface area (Å²) < 4.78 is 2.70. The highest BCUT2D eigenvalue weighted by molar-refractivity contribution is 8.01. The average Bonchev–Trinajstić information content (AvgIpc) is 3.10. The van der Waals surface area contributed by atoms with Crippen molar-refractivity contribution in [2.45, 2.75) is 23.2 Å². The molecule has 0 bridgehead atoms. The third-order valence-corrected chi connectivity index (χ3v) is 5.33. The van der Waals surface area contributed by atoms with E-state index >= 15 is 0 Å². The third-order valence-electron chi connectivity index (χ3n) is 3.32. The zero-order valence-corrected chi connectivity index (χ0v) is 13.1. The van der Waals surface area contributed by atoms with Crippen LogP contribution in [-0.2, 0) is 4.79 Å². The Kier molecular flexibility index (Phi) is 3.90. The molecular weight excluding hydrogens is 296 g/mol. The molecule has 3 rings (SSSR count). The number of quaternary nitrogens is 1. The van der Waals surface area contributed by atoms with Crippen molar-refractivity contribution in [3.8, 4) is 0 Å². The topological polar surface area (TPSA) is 80.0 Å². The van der Waals surface area contributed by atoms with E-state index in [9.17, 15) is 4.79 Å². The molecule has 0 saturated carbocycles. The van der Waals surface area contributed by atoms with Gasteiger partial charge in [-0.05, 0) is 0 Å². The molecule has 0 spiro atoms. The summed E-state index contributed by atoms with van der Waals surface area (Å²) >= 11 is 2.94. The van der Waals surface area contributed by atoms with Crippen LogP contribution in [0.4, 0.5) is 0 Å². The van der Waals surface area contributed by atoms with E-state index in [0.29, 0.717) is 11.8 Å². The van der Waals surface area contributed by atoms with Crippen molar-refractivity contribution in [1.82, 2.24) is 24.7 Å². The molecule has 108 valence electrons. The lowest BCUT2D eigenvalue weighted by atomic mass is 10.2. The number of carbonyl (C=O) groups excluding carboxylic acids is 1. The Balaban J connectivity index is 1.75. The number of nitrogens with zero attached hydrogens (tertiary/aromatic N) is 5. The van der Waals surface area contributed by atoms with Crippen LogP contribution in [0, 0.1) is 0 Å². The summed E-state index contributed by atoms with van der Waals surface area (Å²) in [5.74, 6) is 1.42. The molecule has 9 heteroatoms. The minimum absolute atomic E-state index is 0.0883. The molecule has 1 aliphatic rings. The average molecular weight is 313 g/mol. The van der Waals surface area contributed by atoms with E-state index in [4.69, 9.17) is 0 Å². The van der Waals surface area contributed by atoms with Crippen LogP contribution in [0.15, 0.2) is 4.34 Å². The van der Waals surface area contributed by atoms with Gasteiger partial charge in [-0.3, -0.25) is 4.79 Å². The Morgan fingerprint density at radius 2 is 2.40 bits per heavy atom. The number of fused-ring (bicyclic) bond motifs is 1. The number of nitrogens with two attached hydrogens (primary N) is 1. The summed E-state index contributed by atoms with van der Waals surface area (Å²) in [5, 5.41) is 15.3. The molecule has 1 amide bonds. The Bertz CT molecular complexity index is 615. The number of hydrogen-bond acceptors (Lipinski definition) is 6. The SMILES string of the molecule is CN(C)C(=O)CSc1nn2c([C@H]3CCC[NH2+]3)nnc2s1. The van der Waals surface area contributed by atoms with Gasteiger partial charge >= 0.3 is 0 Å². The van der Waals surface area contributed by atoms with Gasteiger partial charge in [0.15, 0.2) is 4.34 Å². The van der Waals surface area contributed by atoms with Gasteiger partial charge in [0.2, 0.25) is 16.7 Å². The molecule has 20 heavy (non-hydrogen) atoms. The lowest BCUT2D eigenvalue weighted by Gasteiger charge is -2.07. The van der Waals surface area contributed by atoms with E-state index in [-0.39, 0.29) is 5.91 Å². The predicted octanol–water partition coefficient (Wildman–Crippen LogP) is -0.236. The number of hydrogen-bond donors (Lipinski definition) is 1. The van der Waals surface area contributed by atoms with E-state index in [0.717, 1.165) is 28.1 Å². The number of amides is 1. The second-order valence-electron chi connectivity index (χ2n) is 4.97. The van der Waals surface area contributed by atoms with Crippen molar-refractivity contribution in [1.29, 1.82) is 0 Å². The fourth-order valence-corrected chi connectivity index (χ4v) is 4.03. The molecule has 1 saturated heterocycles. The maximum Gasteiger partial charge on any atom is 0.235 e. The molecule has 0 unspecified atom stereocenters. The minimum Gasteiger partial charge on any atom is -0.348 e. The van der Waals surface area contributed by atoms with Crippen molar-refractivity contribution >= 4 is 34.0 Å². The molecule has 2 N–H and O–H groups in total. The van der Waals surface area contributed by atoms with Crippen LogP contribution in [0.1, 0.15) is 24.7 Å². The van der Waals surface area contributed by atoms with Crippen LogP contribution in [0.5, 0.6) is 0 Å². The monoisotopic (exact) mass is 313 g/mol. The van der Waals surface area contributed by atoms with Gasteiger partial charge in [-0.2, -0.15) is 4.52 Å². The van der Waals surface area contributed by atoms with E-state index in [1.807, 2.05) is 4.52 Å². The Hall–Kier alpha value is -1.19. The molecule has 2 aromatic heterocycles. The number of thioether (sulfide) groups is 1. The first-order valence-electron chi connectivity index (χ1n) is 6.53. The summed E-state index contributed by atoms with van der Waals surface area (Å²) in [7, 11) is 3.52. The fraction of sp³-hybridized carbons (Fsp3) is 0.636. The third kappa shape index (κ3) is 2.65. The number of rotatable bonds is 4. The lowest BCUT2D eigenvalue weighted by Crippen LogP contribution is -2.82. The first kappa shape index (κ1) is 13.8. The van der Waals surface area contributed by atoms with Crippen molar-refractivity contribution in [3.63, 3.8) is 0 Å². The molecule has 0 radical (unpaired) electrons. The van der Waals surface area contributed by atoms with E-state index in [1.165, 1.54) is 29.5 Å². The largest absolute Gasteiger partial charge is 0.348 e. The molecule has 2 aromatic rings. The second kappa shape index (κ2) is 5.66. The molecule has 7 nitrogen and oxygen atoms in total. The summed E-state index contributed by atoms with van der Waals surface area (Å²) in [6.07, 6.45) is 2.34. The van der Waals surface area contributed by atoms with Gasteiger partial charge in [-0.25, -0.2) is 0 Å². The second-order valence-corrected chi connectivity index (χ2v) is 7.15. The van der Waals surface area contributed by atoms with E-state index < -0.39 is 0 Å². The highest BCUT2D eigenvalue weighted by Crippen LogP contribution is 2.26. The van der Waals surface area contributed by atoms with Crippen LogP contribution in [-0.4, -0.2) is 57.0 Å². The zero-order chi connectivity index (χ0) is 14.1. The molecule has 1 fully saturated rings. The standard InChI is InChI=1S/C11H16N6OS2/c1-16(2)8(18)6-19-11-15-17-9(7-4-3-5-12-7)13-14-10(17)20-11/h7,12H,3-6H2,1-2H3/p+1/t7-/m1/s1. The highest BCUT2D eigenvalue weighted by atomic mass is 32.2. The number of carbonyl (C=O) groups is 1. The van der Waals surface area contributed by atoms with Crippen molar-refractivity contribution in [2.24, 2.45) is 0 Å². The Morgan fingerprint density at radius 3 is 3.10 bits per heavy atom. The van der Waals surface area contributed by atoms with Gasteiger partial charge in [0.25, 0.3) is 0 Å². The maximum atomic E-state index is 11.6. The first-order chi connectivity index (χ1) is 9.65. The molecule has 0 aromatic carbocycles. The molecule has 3 heterocycles. The Labute approximate surface area is 124 Å². The van der Waals surface area contributed by atoms with Crippen LogP contribution in [0.2, 0.25) is 0 Å². The minimum atomic E-state index is 0.0883. The van der Waals surface area contributed by atoms with Crippen molar-refractivity contribution < 1.29 is 10.1 Å². The summed E-state index contributed by atoms with van der Waals surface area (Å²) in [5.41, 5.74) is 0. The normalized spacial score (nSPS) is 18.8. The van der Waals surface area contributed by atoms with E-state index in [1.54, 1.807) is 19.0 Å². The van der Waals surface area contributed by atoms with Gasteiger partial charge in [0, 0.05) is 26.9 Å². The maximum absolute atomic E-state index is 11.6. The van der Waals surface area contributed by atoms with Gasteiger partial charge in [0.1, 0.15) is 6.04 Å². The van der Waals surface area contributed by atoms with Crippen LogP contribution < -0.4 is 5.32 Å². The van der Waals surface area contributed by atoms with Gasteiger partial charge < -0.3 is 10.2 Å². The van der Waals surface area contributed by atoms with Crippen LogP contribution in [0.25, 0.3) is 4.96 Å². The van der Waals surface area contributed by atoms with Crippen LogP contribution >= 0.6 is 23.1 Å². The molecule has 0 aliphatic carbocycles. The van der Waals surface area contributed by atoms with E-state index in [2.05, 4.69) is 20.6 Å². The highest BCUT2D eigenvalue weighted by Gasteiger charge is 2.27. The lowest BCUT2D eigenvalue weighted by molar-refractivity contribution is -0.677. The van der Waals surface area contributed by atoms with Gasteiger partial charge in [-0.1, -0.05) is 23.1 Å². The zero-order valence-electron chi connectivity index (χ0n) is 11.4. The Morgan fingerprint density at radius 1 is 1.55 bits per heavy atom. The molecule has 1 atom stereocenters. The number of aromatic nitrogens is 4. The van der Waals surface area contributed by atoms with Crippen molar-refractivity contribution in [2.75, 3.05) is 26.4 Å². The molecule has 1 aliphatic heterocycles. The first-order valence-corrected chi connectivity index (χ1v) is 8.34.